The number of nitrogens with one attached hydrogen (secondary N) is 1. The minimum Gasteiger partial charge on any atom is -0.387 e. The van der Waals surface area contributed by atoms with Crippen LogP contribution in [0, 0.1) is 11.3 Å². The fourth-order valence-electron chi connectivity index (χ4n) is 0.736. The van der Waals surface area contributed by atoms with Gasteiger partial charge in [0.2, 0.25) is 0 Å². The van der Waals surface area contributed by atoms with Gasteiger partial charge in [-0.05, 0) is 18.1 Å². The van der Waals surface area contributed by atoms with Crippen molar-refractivity contribution in [3.8, 4) is 0 Å². The molecule has 3 N–H and O–H groups in total. The van der Waals surface area contributed by atoms with Gasteiger partial charge >= 0.3 is 0 Å². The second-order valence-corrected chi connectivity index (χ2v) is 4.32. The number of nitrogens with two attached hydrogens (primary N) is 1. The quantitative estimate of drug-likeness (QED) is 0.495. The van der Waals surface area contributed by atoms with E-state index in [1.165, 1.54) is 0 Å². The number of hydrogen-bond donors (Lipinski definition) is 2. The highest BCUT2D eigenvalue weighted by Crippen LogP contribution is 2.17. The molecule has 0 heterocycles. The largest absolute Gasteiger partial charge is 0.387 e. The normalized spacial score (nSPS) is 13.5. The number of rotatable bonds is 5. The topological polar surface area (TPSA) is 49.9 Å². The second-order valence-electron chi connectivity index (χ2n) is 3.08. The molecule has 0 spiro atoms. The van der Waals surface area contributed by atoms with Gasteiger partial charge in [0.05, 0.1) is 5.25 Å². The minimum absolute atomic E-state index is 0.234. The van der Waals surface area contributed by atoms with Crippen LogP contribution in [-0.2, 0) is 0 Å². The predicted octanol–water partition coefficient (Wildman–Crippen LogP) is 2.09. The van der Waals surface area contributed by atoms with Crippen LogP contribution < -0.4 is 5.73 Å². The van der Waals surface area contributed by atoms with Crippen LogP contribution in [0.4, 0.5) is 0 Å². The first-order valence-electron chi connectivity index (χ1n) is 4.03. The Morgan fingerprint density at radius 2 is 2.09 bits per heavy atom. The van der Waals surface area contributed by atoms with Crippen LogP contribution in [0.15, 0.2) is 0 Å². The van der Waals surface area contributed by atoms with Crippen molar-refractivity contribution in [1.29, 1.82) is 5.41 Å². The lowest BCUT2D eigenvalue weighted by Gasteiger charge is -2.13. The SMILES string of the molecule is CCC(SCC(C)C)C(=N)N. The maximum atomic E-state index is 7.25. The molecule has 0 aliphatic rings. The molecule has 0 aliphatic carbocycles. The standard InChI is InChI=1S/C8H18N2S/c1-4-7(8(9)10)11-5-6(2)3/h6-7H,4-5H2,1-3H3,(H3,9,10). The summed E-state index contributed by atoms with van der Waals surface area (Å²) in [5, 5.41) is 7.49. The zero-order valence-corrected chi connectivity index (χ0v) is 8.37. The highest BCUT2D eigenvalue weighted by molar-refractivity contribution is 8.00. The van der Waals surface area contributed by atoms with Gasteiger partial charge in [0, 0.05) is 0 Å². The van der Waals surface area contributed by atoms with Crippen LogP contribution in [-0.4, -0.2) is 16.8 Å². The van der Waals surface area contributed by atoms with Gasteiger partial charge in [-0.1, -0.05) is 20.8 Å². The molecule has 66 valence electrons. The van der Waals surface area contributed by atoms with Gasteiger partial charge in [-0.15, -0.1) is 0 Å². The summed E-state index contributed by atoms with van der Waals surface area (Å²) in [6, 6.07) is 0. The third-order valence-electron chi connectivity index (χ3n) is 1.35. The molecule has 0 saturated heterocycles. The average molecular weight is 174 g/mol. The number of hydrogen-bond acceptors (Lipinski definition) is 2. The molecule has 0 aromatic heterocycles. The lowest BCUT2D eigenvalue weighted by Crippen LogP contribution is -2.24. The van der Waals surface area contributed by atoms with Gasteiger partial charge in [-0.3, -0.25) is 5.41 Å². The molecule has 0 amide bonds. The van der Waals surface area contributed by atoms with Crippen LogP contribution in [0.25, 0.3) is 0 Å². The summed E-state index contributed by atoms with van der Waals surface area (Å²) in [5.41, 5.74) is 5.40. The van der Waals surface area contributed by atoms with Gasteiger partial charge in [-0.2, -0.15) is 11.8 Å². The molecule has 0 radical (unpaired) electrons. The summed E-state index contributed by atoms with van der Waals surface area (Å²) in [5.74, 6) is 2.10. The van der Waals surface area contributed by atoms with E-state index in [1.807, 2.05) is 0 Å². The van der Waals surface area contributed by atoms with Gasteiger partial charge in [0.15, 0.2) is 0 Å². The Kier molecular flexibility index (Phi) is 5.38. The zero-order chi connectivity index (χ0) is 8.85. The summed E-state index contributed by atoms with van der Waals surface area (Å²) < 4.78 is 0. The molecule has 0 saturated carbocycles. The van der Waals surface area contributed by atoms with Gasteiger partial charge in [0.1, 0.15) is 5.84 Å². The van der Waals surface area contributed by atoms with Crippen LogP contribution in [0.5, 0.6) is 0 Å². The lowest BCUT2D eigenvalue weighted by molar-refractivity contribution is 0.748. The summed E-state index contributed by atoms with van der Waals surface area (Å²) in [6.45, 7) is 6.43. The summed E-state index contributed by atoms with van der Waals surface area (Å²) in [7, 11) is 0. The van der Waals surface area contributed by atoms with Crippen molar-refractivity contribution in [1.82, 2.24) is 0 Å². The molecule has 0 aliphatic heterocycles. The van der Waals surface area contributed by atoms with Crippen LogP contribution in [0.3, 0.4) is 0 Å². The third-order valence-corrected chi connectivity index (χ3v) is 3.20. The molecular formula is C8H18N2S. The fraction of sp³-hybridized carbons (Fsp3) is 0.875. The second kappa shape index (κ2) is 5.47. The monoisotopic (exact) mass is 174 g/mol. The molecule has 1 unspecified atom stereocenters. The van der Waals surface area contributed by atoms with E-state index in [0.29, 0.717) is 11.8 Å². The molecule has 0 rings (SSSR count). The molecule has 0 bridgehead atoms. The summed E-state index contributed by atoms with van der Waals surface area (Å²) in [4.78, 5) is 0. The van der Waals surface area contributed by atoms with E-state index in [9.17, 15) is 0 Å². The van der Waals surface area contributed by atoms with E-state index in [1.54, 1.807) is 11.8 Å². The fourth-order valence-corrected chi connectivity index (χ4v) is 1.77. The van der Waals surface area contributed by atoms with Crippen molar-refractivity contribution in [2.24, 2.45) is 11.7 Å². The molecule has 0 fully saturated rings. The van der Waals surface area contributed by atoms with Crippen LogP contribution in [0.2, 0.25) is 0 Å². The van der Waals surface area contributed by atoms with E-state index in [4.69, 9.17) is 11.1 Å². The highest BCUT2D eigenvalue weighted by atomic mass is 32.2. The Morgan fingerprint density at radius 3 is 2.36 bits per heavy atom. The molecule has 3 heteroatoms. The Hall–Kier alpha value is -0.180. The molecule has 0 aromatic carbocycles. The Morgan fingerprint density at radius 1 is 1.55 bits per heavy atom. The maximum Gasteiger partial charge on any atom is 0.104 e. The minimum atomic E-state index is 0.234. The van der Waals surface area contributed by atoms with E-state index in [0.717, 1.165) is 12.2 Å². The molecular weight excluding hydrogens is 156 g/mol. The van der Waals surface area contributed by atoms with Gasteiger partial charge in [0.25, 0.3) is 0 Å². The van der Waals surface area contributed by atoms with E-state index in [2.05, 4.69) is 20.8 Å². The predicted molar refractivity (Wildman–Crippen MR) is 53.3 cm³/mol. The Bertz CT molecular complexity index is 123. The third kappa shape index (κ3) is 5.13. The maximum absolute atomic E-state index is 7.25. The molecule has 2 nitrogen and oxygen atoms in total. The van der Waals surface area contributed by atoms with Crippen molar-refractivity contribution in [2.75, 3.05) is 5.75 Å². The zero-order valence-electron chi connectivity index (χ0n) is 7.55. The molecule has 11 heavy (non-hydrogen) atoms. The van der Waals surface area contributed by atoms with E-state index >= 15 is 0 Å². The molecule has 0 aromatic rings. The van der Waals surface area contributed by atoms with Crippen molar-refractivity contribution in [3.05, 3.63) is 0 Å². The van der Waals surface area contributed by atoms with Gasteiger partial charge < -0.3 is 5.73 Å². The van der Waals surface area contributed by atoms with Crippen LogP contribution >= 0.6 is 11.8 Å². The Labute approximate surface area is 73.4 Å². The average Bonchev–Trinajstić information content (AvgIpc) is 1.87. The van der Waals surface area contributed by atoms with Crippen LogP contribution in [0.1, 0.15) is 27.2 Å². The summed E-state index contributed by atoms with van der Waals surface area (Å²) >= 11 is 1.79. The smallest absolute Gasteiger partial charge is 0.104 e. The van der Waals surface area contributed by atoms with Crippen molar-refractivity contribution >= 4 is 17.6 Å². The Balaban J connectivity index is 3.61. The first-order chi connectivity index (χ1) is 5.07. The highest BCUT2D eigenvalue weighted by Gasteiger charge is 2.09. The van der Waals surface area contributed by atoms with Gasteiger partial charge in [-0.25, -0.2) is 0 Å². The van der Waals surface area contributed by atoms with Crippen molar-refractivity contribution < 1.29 is 0 Å². The first kappa shape index (κ1) is 10.8. The van der Waals surface area contributed by atoms with Crippen molar-refractivity contribution in [2.45, 2.75) is 32.4 Å². The van der Waals surface area contributed by atoms with E-state index in [-0.39, 0.29) is 5.25 Å². The molecule has 1 atom stereocenters. The first-order valence-corrected chi connectivity index (χ1v) is 5.08. The number of amidine groups is 1. The number of thioether (sulfide) groups is 1. The van der Waals surface area contributed by atoms with Crippen molar-refractivity contribution in [3.63, 3.8) is 0 Å². The summed E-state index contributed by atoms with van der Waals surface area (Å²) in [6.07, 6.45) is 0.965. The lowest BCUT2D eigenvalue weighted by atomic mass is 10.3. The van der Waals surface area contributed by atoms with E-state index < -0.39 is 0 Å².